The maximum absolute atomic E-state index is 12.1. The number of hydrazine groups is 1. The topological polar surface area (TPSA) is 108 Å². The van der Waals surface area contributed by atoms with Crippen LogP contribution in [0.15, 0.2) is 58.7 Å². The summed E-state index contributed by atoms with van der Waals surface area (Å²) in [6, 6.07) is 14.7. The van der Waals surface area contributed by atoms with Crippen LogP contribution in [0.2, 0.25) is 0 Å². The Balaban J connectivity index is 1.73. The summed E-state index contributed by atoms with van der Waals surface area (Å²) in [5.74, 6) is 0.982. The van der Waals surface area contributed by atoms with Gasteiger partial charge in [-0.2, -0.15) is 10.2 Å². The number of carbonyl (C=O) groups excluding carboxylic acids is 2. The molecule has 0 aromatic heterocycles. The van der Waals surface area contributed by atoms with E-state index < -0.39 is 0 Å². The number of hydrogen-bond donors (Lipinski definition) is 2. The highest BCUT2D eigenvalue weighted by Crippen LogP contribution is 2.11. The zero-order valence-corrected chi connectivity index (χ0v) is 20.0. The van der Waals surface area contributed by atoms with Gasteiger partial charge in [0.2, 0.25) is 11.8 Å². The molecule has 0 spiro atoms. The van der Waals surface area contributed by atoms with Gasteiger partial charge in [-0.3, -0.25) is 9.59 Å². The molecule has 10 nitrogen and oxygen atoms in total. The van der Waals surface area contributed by atoms with Gasteiger partial charge in [0.15, 0.2) is 0 Å². The van der Waals surface area contributed by atoms with Gasteiger partial charge in [-0.25, -0.2) is 20.9 Å². The summed E-state index contributed by atoms with van der Waals surface area (Å²) in [7, 11) is 6.90. The molecular formula is C24H32N6O4. The zero-order valence-electron chi connectivity index (χ0n) is 20.0. The molecule has 0 saturated heterocycles. The number of hydrazone groups is 2. The van der Waals surface area contributed by atoms with Crippen molar-refractivity contribution in [3.8, 4) is 11.5 Å². The van der Waals surface area contributed by atoms with Crippen LogP contribution in [-0.2, 0) is 9.59 Å². The molecule has 0 atom stereocenters. The van der Waals surface area contributed by atoms with Crippen LogP contribution < -0.4 is 20.3 Å². The molecule has 0 fully saturated rings. The number of nitrogens with one attached hydrogen (secondary N) is 2. The molecule has 10 heteroatoms. The normalized spacial score (nSPS) is 11.4. The van der Waals surface area contributed by atoms with Crippen molar-refractivity contribution in [2.24, 2.45) is 10.2 Å². The number of nitrogens with zero attached hydrogens (tertiary/aromatic N) is 4. The number of carbonyl (C=O) groups is 2. The van der Waals surface area contributed by atoms with Gasteiger partial charge >= 0.3 is 0 Å². The molecule has 2 rings (SSSR count). The molecule has 2 aromatic rings. The minimum absolute atomic E-state index is 0.224. The van der Waals surface area contributed by atoms with Crippen molar-refractivity contribution in [3.05, 3.63) is 59.7 Å². The zero-order chi connectivity index (χ0) is 24.8. The van der Waals surface area contributed by atoms with Crippen molar-refractivity contribution in [2.75, 3.05) is 41.4 Å². The third-order valence-electron chi connectivity index (χ3n) is 4.75. The van der Waals surface area contributed by atoms with Crippen LogP contribution in [-0.4, -0.2) is 75.7 Å². The highest BCUT2D eigenvalue weighted by molar-refractivity contribution is 5.83. The molecule has 0 aliphatic rings. The predicted octanol–water partition coefficient (Wildman–Crippen LogP) is 1.86. The van der Waals surface area contributed by atoms with Gasteiger partial charge in [0.25, 0.3) is 0 Å². The first-order chi connectivity index (χ1) is 16.4. The molecule has 0 aliphatic heterocycles. The van der Waals surface area contributed by atoms with Crippen LogP contribution in [0.25, 0.3) is 0 Å². The van der Waals surface area contributed by atoms with Crippen molar-refractivity contribution in [1.82, 2.24) is 20.9 Å². The Morgan fingerprint density at radius 2 is 1.26 bits per heavy atom. The molecule has 0 unspecified atom stereocenters. The molecule has 2 aromatic carbocycles. The highest BCUT2D eigenvalue weighted by Gasteiger charge is 2.12. The number of amides is 2. The second kappa shape index (κ2) is 14.4. The molecule has 0 radical (unpaired) electrons. The number of rotatable bonds is 13. The van der Waals surface area contributed by atoms with E-state index in [1.165, 1.54) is 0 Å². The van der Waals surface area contributed by atoms with Crippen LogP contribution in [0, 0.1) is 0 Å². The van der Waals surface area contributed by atoms with Gasteiger partial charge in [-0.05, 0) is 35.4 Å². The van der Waals surface area contributed by atoms with Crippen molar-refractivity contribution < 1.29 is 19.1 Å². The maximum atomic E-state index is 12.1. The Morgan fingerprint density at radius 1 is 0.824 bits per heavy atom. The van der Waals surface area contributed by atoms with Gasteiger partial charge in [0.05, 0.1) is 26.6 Å². The Morgan fingerprint density at radius 3 is 1.65 bits per heavy atom. The van der Waals surface area contributed by atoms with Gasteiger partial charge in [0, 0.05) is 40.0 Å². The molecule has 0 bridgehead atoms. The molecule has 2 amide bonds. The number of hydrogen-bond acceptors (Lipinski definition) is 8. The fourth-order valence-electron chi connectivity index (χ4n) is 2.89. The van der Waals surface area contributed by atoms with Crippen LogP contribution >= 0.6 is 0 Å². The number of methoxy groups -OCH3 is 2. The Kier molecular flexibility index (Phi) is 11.2. The lowest BCUT2D eigenvalue weighted by atomic mass is 10.2. The van der Waals surface area contributed by atoms with E-state index in [1.807, 2.05) is 72.6 Å². The highest BCUT2D eigenvalue weighted by atomic mass is 16.5. The maximum Gasteiger partial charge on any atom is 0.241 e. The average molecular weight is 469 g/mol. The standard InChI is InChI=1S/C24H32N6O4/c1-29(2)30(13-11-23(31)27-25-17-19-7-5-9-21(15-19)33-3)14-12-24(32)28-26-18-20-8-6-10-22(16-20)34-4/h5-10,15-18H,11-14H2,1-4H3,(H,27,31)(H,28,32). The molecule has 34 heavy (non-hydrogen) atoms. The third-order valence-corrected chi connectivity index (χ3v) is 4.75. The van der Waals surface area contributed by atoms with Crippen LogP contribution in [0.3, 0.4) is 0 Å². The Labute approximate surface area is 200 Å². The first kappa shape index (κ1) is 26.5. The Hall–Kier alpha value is -3.76. The summed E-state index contributed by atoms with van der Waals surface area (Å²) < 4.78 is 10.3. The van der Waals surface area contributed by atoms with Gasteiger partial charge < -0.3 is 9.47 Å². The first-order valence-electron chi connectivity index (χ1n) is 10.8. The van der Waals surface area contributed by atoms with Gasteiger partial charge in [-0.1, -0.05) is 24.3 Å². The van der Waals surface area contributed by atoms with Crippen LogP contribution in [0.1, 0.15) is 24.0 Å². The fourth-order valence-corrected chi connectivity index (χ4v) is 2.89. The fraction of sp³-hybridized carbons (Fsp3) is 0.333. The summed E-state index contributed by atoms with van der Waals surface area (Å²) in [4.78, 5) is 24.3. The lowest BCUT2D eigenvalue weighted by Crippen LogP contribution is -2.41. The van der Waals surface area contributed by atoms with E-state index in [9.17, 15) is 9.59 Å². The number of benzene rings is 2. The van der Waals surface area contributed by atoms with E-state index >= 15 is 0 Å². The average Bonchev–Trinajstić information content (AvgIpc) is 2.84. The smallest absolute Gasteiger partial charge is 0.241 e. The second-order valence-electron chi connectivity index (χ2n) is 7.44. The van der Waals surface area contributed by atoms with E-state index in [1.54, 1.807) is 26.6 Å². The van der Waals surface area contributed by atoms with Crippen molar-refractivity contribution >= 4 is 24.2 Å². The monoisotopic (exact) mass is 468 g/mol. The van der Waals surface area contributed by atoms with Gasteiger partial charge in [0.1, 0.15) is 11.5 Å². The molecule has 0 heterocycles. The summed E-state index contributed by atoms with van der Waals surface area (Å²) in [6.45, 7) is 0.877. The first-order valence-corrected chi connectivity index (χ1v) is 10.8. The lowest BCUT2D eigenvalue weighted by Gasteiger charge is -2.28. The SMILES string of the molecule is COc1cccc(C=NNC(=O)CCN(CCC(=O)NN=Cc2cccc(OC)c2)N(C)C)c1. The van der Waals surface area contributed by atoms with E-state index in [0.29, 0.717) is 24.6 Å². The van der Waals surface area contributed by atoms with E-state index in [-0.39, 0.29) is 24.7 Å². The van der Waals surface area contributed by atoms with E-state index in [0.717, 1.165) is 11.1 Å². The lowest BCUT2D eigenvalue weighted by molar-refractivity contribution is -0.123. The van der Waals surface area contributed by atoms with Crippen LogP contribution in [0.5, 0.6) is 11.5 Å². The van der Waals surface area contributed by atoms with Gasteiger partial charge in [-0.15, -0.1) is 0 Å². The molecule has 0 saturated carbocycles. The second-order valence-corrected chi connectivity index (χ2v) is 7.44. The van der Waals surface area contributed by atoms with E-state index in [4.69, 9.17) is 9.47 Å². The van der Waals surface area contributed by atoms with Crippen molar-refractivity contribution in [2.45, 2.75) is 12.8 Å². The minimum atomic E-state index is -0.224. The largest absolute Gasteiger partial charge is 0.497 e. The predicted molar refractivity (Wildman–Crippen MR) is 132 cm³/mol. The summed E-state index contributed by atoms with van der Waals surface area (Å²) >= 11 is 0. The minimum Gasteiger partial charge on any atom is -0.497 e. The summed E-state index contributed by atoms with van der Waals surface area (Å²) in [5, 5.41) is 11.7. The van der Waals surface area contributed by atoms with E-state index in [2.05, 4.69) is 21.1 Å². The molecular weight excluding hydrogens is 436 g/mol. The van der Waals surface area contributed by atoms with Crippen molar-refractivity contribution in [1.29, 1.82) is 0 Å². The Bertz CT molecular complexity index is 917. The quantitative estimate of drug-likeness (QED) is 0.343. The molecule has 2 N–H and O–H groups in total. The van der Waals surface area contributed by atoms with Crippen LogP contribution in [0.4, 0.5) is 0 Å². The third kappa shape index (κ3) is 9.80. The summed E-state index contributed by atoms with van der Waals surface area (Å²) in [6.07, 6.45) is 3.56. The molecule has 0 aliphatic carbocycles. The van der Waals surface area contributed by atoms with Crippen molar-refractivity contribution in [3.63, 3.8) is 0 Å². The molecule has 182 valence electrons. The summed E-state index contributed by atoms with van der Waals surface area (Å²) in [5.41, 5.74) is 6.66. The number of ether oxygens (including phenoxy) is 2.